The fourth-order valence-corrected chi connectivity index (χ4v) is 2.82. The number of hydrazine groups is 1. The Morgan fingerprint density at radius 1 is 1.71 bits per heavy atom. The number of thioether (sulfide) groups is 1. The van der Waals surface area contributed by atoms with E-state index in [4.69, 9.17) is 5.84 Å². The molecule has 0 atom stereocenters. The van der Waals surface area contributed by atoms with Gasteiger partial charge in [0.1, 0.15) is 0 Å². The van der Waals surface area contributed by atoms with Gasteiger partial charge in [0, 0.05) is 10.6 Å². The quantitative estimate of drug-likeness (QED) is 0.472. The topological polar surface area (TPSA) is 55.1 Å². The molecule has 0 radical (unpaired) electrons. The van der Waals surface area contributed by atoms with E-state index < -0.39 is 0 Å². The summed E-state index contributed by atoms with van der Waals surface area (Å²) in [6, 6.07) is 1.92. The second kappa shape index (κ2) is 5.38. The van der Waals surface area contributed by atoms with E-state index in [9.17, 15) is 4.79 Å². The molecule has 0 fully saturated rings. The number of nitrogens with two attached hydrogens (primary N) is 1. The summed E-state index contributed by atoms with van der Waals surface area (Å²) < 4.78 is 0. The Morgan fingerprint density at radius 2 is 2.43 bits per heavy atom. The molecule has 0 aliphatic rings. The average Bonchev–Trinajstić information content (AvgIpc) is 2.56. The van der Waals surface area contributed by atoms with Crippen LogP contribution in [-0.2, 0) is 5.75 Å². The standard InChI is InChI=1S/C9H14N2OS2/c1-3-13-5-7-4-8(9(12)11-10)14-6(7)2/h4H,3,5,10H2,1-2H3,(H,11,12). The van der Waals surface area contributed by atoms with Crippen LogP contribution in [0.1, 0.15) is 27.0 Å². The maximum absolute atomic E-state index is 11.2. The summed E-state index contributed by atoms with van der Waals surface area (Å²) in [6.45, 7) is 4.16. The Balaban J connectivity index is 2.76. The molecule has 1 aromatic heterocycles. The number of nitrogens with one attached hydrogen (secondary N) is 1. The highest BCUT2D eigenvalue weighted by atomic mass is 32.2. The molecule has 0 aliphatic heterocycles. The van der Waals surface area contributed by atoms with Crippen molar-refractivity contribution in [2.24, 2.45) is 5.84 Å². The summed E-state index contributed by atoms with van der Waals surface area (Å²) in [7, 11) is 0. The van der Waals surface area contributed by atoms with Gasteiger partial charge in [0.2, 0.25) is 0 Å². The molecule has 0 aromatic carbocycles. The highest BCUT2D eigenvalue weighted by molar-refractivity contribution is 7.98. The highest BCUT2D eigenvalue weighted by Gasteiger charge is 2.10. The van der Waals surface area contributed by atoms with Gasteiger partial charge in [-0.15, -0.1) is 11.3 Å². The van der Waals surface area contributed by atoms with Gasteiger partial charge in [-0.25, -0.2) is 5.84 Å². The minimum absolute atomic E-state index is 0.203. The fraction of sp³-hybridized carbons (Fsp3) is 0.444. The van der Waals surface area contributed by atoms with E-state index in [1.165, 1.54) is 21.8 Å². The molecule has 0 bridgehead atoms. The lowest BCUT2D eigenvalue weighted by atomic mass is 10.3. The van der Waals surface area contributed by atoms with Crippen molar-refractivity contribution in [2.75, 3.05) is 5.75 Å². The third-order valence-corrected chi connectivity index (χ3v) is 3.85. The Kier molecular flexibility index (Phi) is 4.44. The van der Waals surface area contributed by atoms with Crippen molar-refractivity contribution >= 4 is 29.0 Å². The van der Waals surface area contributed by atoms with Crippen molar-refractivity contribution in [2.45, 2.75) is 19.6 Å². The van der Waals surface area contributed by atoms with Crippen LogP contribution in [0.2, 0.25) is 0 Å². The van der Waals surface area contributed by atoms with Gasteiger partial charge in [-0.2, -0.15) is 11.8 Å². The molecule has 3 N–H and O–H groups in total. The Hall–Kier alpha value is -0.520. The summed E-state index contributed by atoms with van der Waals surface area (Å²) in [5.41, 5.74) is 3.38. The second-order valence-corrected chi connectivity index (χ2v) is 5.33. The first-order chi connectivity index (χ1) is 6.69. The van der Waals surface area contributed by atoms with Crippen LogP contribution < -0.4 is 11.3 Å². The van der Waals surface area contributed by atoms with Crippen molar-refractivity contribution in [1.82, 2.24) is 5.43 Å². The van der Waals surface area contributed by atoms with Gasteiger partial charge in [0.15, 0.2) is 0 Å². The summed E-state index contributed by atoms with van der Waals surface area (Å²) in [4.78, 5) is 13.1. The van der Waals surface area contributed by atoms with Gasteiger partial charge >= 0.3 is 0 Å². The minimum Gasteiger partial charge on any atom is -0.289 e. The van der Waals surface area contributed by atoms with E-state index in [2.05, 4.69) is 12.3 Å². The first kappa shape index (κ1) is 11.6. The van der Waals surface area contributed by atoms with Crippen molar-refractivity contribution < 1.29 is 4.79 Å². The zero-order valence-corrected chi connectivity index (χ0v) is 9.93. The third kappa shape index (κ3) is 2.73. The van der Waals surface area contributed by atoms with Crippen molar-refractivity contribution in [1.29, 1.82) is 0 Å². The highest BCUT2D eigenvalue weighted by Crippen LogP contribution is 2.25. The number of hydrogen-bond donors (Lipinski definition) is 2. The molecular weight excluding hydrogens is 216 g/mol. The number of aryl methyl sites for hydroxylation is 1. The van der Waals surface area contributed by atoms with E-state index in [-0.39, 0.29) is 5.91 Å². The number of amides is 1. The van der Waals surface area contributed by atoms with Gasteiger partial charge in [-0.3, -0.25) is 10.2 Å². The summed E-state index contributed by atoms with van der Waals surface area (Å²) in [5, 5.41) is 0. The number of rotatable bonds is 4. The fourth-order valence-electron chi connectivity index (χ4n) is 1.06. The maximum atomic E-state index is 11.2. The molecule has 1 amide bonds. The van der Waals surface area contributed by atoms with Crippen molar-refractivity contribution in [3.8, 4) is 0 Å². The lowest BCUT2D eigenvalue weighted by molar-refractivity contribution is 0.0957. The smallest absolute Gasteiger partial charge is 0.275 e. The van der Waals surface area contributed by atoms with Gasteiger partial charge in [-0.05, 0) is 24.3 Å². The molecule has 0 saturated heterocycles. The van der Waals surface area contributed by atoms with Crippen LogP contribution in [0.3, 0.4) is 0 Å². The molecule has 14 heavy (non-hydrogen) atoms. The van der Waals surface area contributed by atoms with E-state index in [1.807, 2.05) is 24.8 Å². The second-order valence-electron chi connectivity index (χ2n) is 2.80. The van der Waals surface area contributed by atoms with Crippen LogP contribution in [0.25, 0.3) is 0 Å². The molecule has 1 heterocycles. The Bertz CT molecular complexity index is 323. The molecule has 78 valence electrons. The monoisotopic (exact) mass is 230 g/mol. The molecule has 5 heteroatoms. The zero-order chi connectivity index (χ0) is 10.6. The first-order valence-electron chi connectivity index (χ1n) is 4.37. The SMILES string of the molecule is CCSCc1cc(C(=O)NN)sc1C. The van der Waals surface area contributed by atoms with Crippen LogP contribution in [0.5, 0.6) is 0 Å². The van der Waals surface area contributed by atoms with E-state index in [0.717, 1.165) is 11.5 Å². The predicted octanol–water partition coefficient (Wildman–Crippen LogP) is 1.91. The molecule has 0 unspecified atom stereocenters. The Labute approximate surface area is 92.0 Å². The lowest BCUT2D eigenvalue weighted by Crippen LogP contribution is -2.29. The summed E-state index contributed by atoms with van der Waals surface area (Å²) in [5.74, 6) is 6.92. The maximum Gasteiger partial charge on any atom is 0.275 e. The number of thiophene rings is 1. The molecule has 3 nitrogen and oxygen atoms in total. The Morgan fingerprint density at radius 3 is 3.00 bits per heavy atom. The number of hydrogen-bond acceptors (Lipinski definition) is 4. The largest absolute Gasteiger partial charge is 0.289 e. The molecule has 0 aliphatic carbocycles. The van der Waals surface area contributed by atoms with Crippen LogP contribution in [0.4, 0.5) is 0 Å². The minimum atomic E-state index is -0.203. The van der Waals surface area contributed by atoms with E-state index in [1.54, 1.807) is 0 Å². The van der Waals surface area contributed by atoms with Gasteiger partial charge in [0.25, 0.3) is 5.91 Å². The molecular formula is C9H14N2OS2. The number of carbonyl (C=O) groups excluding carboxylic acids is 1. The van der Waals surface area contributed by atoms with Crippen LogP contribution in [0, 0.1) is 6.92 Å². The summed E-state index contributed by atoms with van der Waals surface area (Å²) >= 11 is 3.34. The van der Waals surface area contributed by atoms with E-state index >= 15 is 0 Å². The van der Waals surface area contributed by atoms with Crippen LogP contribution >= 0.6 is 23.1 Å². The molecule has 0 saturated carbocycles. The van der Waals surface area contributed by atoms with Crippen LogP contribution in [0.15, 0.2) is 6.07 Å². The third-order valence-electron chi connectivity index (χ3n) is 1.84. The number of carbonyl (C=O) groups is 1. The normalized spacial score (nSPS) is 10.2. The van der Waals surface area contributed by atoms with Gasteiger partial charge < -0.3 is 0 Å². The van der Waals surface area contributed by atoms with E-state index in [0.29, 0.717) is 4.88 Å². The predicted molar refractivity (Wildman–Crippen MR) is 62.5 cm³/mol. The van der Waals surface area contributed by atoms with Gasteiger partial charge in [-0.1, -0.05) is 6.92 Å². The molecule has 1 aromatic rings. The van der Waals surface area contributed by atoms with Crippen molar-refractivity contribution in [3.05, 3.63) is 21.4 Å². The zero-order valence-electron chi connectivity index (χ0n) is 8.29. The lowest BCUT2D eigenvalue weighted by Gasteiger charge is -1.95. The number of nitrogen functional groups attached to an aromatic ring is 1. The summed E-state index contributed by atoms with van der Waals surface area (Å²) in [6.07, 6.45) is 0. The molecule has 0 spiro atoms. The first-order valence-corrected chi connectivity index (χ1v) is 6.34. The van der Waals surface area contributed by atoms with Crippen molar-refractivity contribution in [3.63, 3.8) is 0 Å². The average molecular weight is 230 g/mol. The molecule has 1 rings (SSSR count). The van der Waals surface area contributed by atoms with Crippen LogP contribution in [-0.4, -0.2) is 11.7 Å². The van der Waals surface area contributed by atoms with Gasteiger partial charge in [0.05, 0.1) is 4.88 Å².